The van der Waals surface area contributed by atoms with E-state index >= 15 is 0 Å². The van der Waals surface area contributed by atoms with Gasteiger partial charge in [-0.25, -0.2) is 19.7 Å². The number of aliphatic hydroxyl groups is 2. The second kappa shape index (κ2) is 11.0. The van der Waals surface area contributed by atoms with E-state index in [1.807, 2.05) is 0 Å². The third-order valence-corrected chi connectivity index (χ3v) is 5.18. The van der Waals surface area contributed by atoms with Gasteiger partial charge in [-0.2, -0.15) is 21.6 Å². The van der Waals surface area contributed by atoms with Crippen molar-refractivity contribution in [2.24, 2.45) is 0 Å². The van der Waals surface area contributed by atoms with Crippen molar-refractivity contribution in [3.05, 3.63) is 12.7 Å². The monoisotopic (exact) mass is 531 g/mol. The molecular weight excluding hydrogens is 511 g/mol. The van der Waals surface area contributed by atoms with E-state index in [1.54, 1.807) is 4.72 Å². The summed E-state index contributed by atoms with van der Waals surface area (Å²) in [5.41, 5.74) is 9.69. The lowest BCUT2D eigenvalue weighted by Crippen LogP contribution is -2.52. The number of anilines is 1. The fourth-order valence-electron chi connectivity index (χ4n) is 2.69. The molecule has 0 unspecified atom stereocenters. The van der Waals surface area contributed by atoms with Crippen LogP contribution in [0.5, 0.6) is 0 Å². The van der Waals surface area contributed by atoms with Gasteiger partial charge in [0, 0.05) is 0 Å². The minimum Gasteiger partial charge on any atom is -0.542 e. The van der Waals surface area contributed by atoms with E-state index in [4.69, 9.17) is 20.4 Å². The van der Waals surface area contributed by atoms with Crippen LogP contribution in [0.15, 0.2) is 12.7 Å². The number of imidazole rings is 1. The molecule has 16 nitrogen and oxygen atoms in total. The Bertz CT molecular complexity index is 1160. The number of hydrogen-bond donors (Lipinski definition) is 5. The number of halogens is 3. The standard InChI is InChI=1S/C13H19N7O7S.C2HF3O2/c14-2-1-7(21)19-28(24,25)26-3-6-9(22)10(23)13(27-6)20-5-18-8-11(15)16-4-17-12(8)20;3-2(4,5)1(6)7/h4-6,9-10,13,22-23H,1-3,14H2,(H,19,21)(H2,15,16,17);(H,6,7)/t6-,9-,10-,13-;/m1./s1. The highest BCUT2D eigenvalue weighted by atomic mass is 32.2. The number of carboxylic acids is 1. The Morgan fingerprint density at radius 3 is 2.49 bits per heavy atom. The van der Waals surface area contributed by atoms with E-state index < -0.39 is 59.5 Å². The highest BCUT2D eigenvalue weighted by Crippen LogP contribution is 2.32. The third kappa shape index (κ3) is 7.16. The van der Waals surface area contributed by atoms with E-state index in [2.05, 4.69) is 24.9 Å². The summed E-state index contributed by atoms with van der Waals surface area (Å²) in [6.07, 6.45) is -7.99. The van der Waals surface area contributed by atoms with Crippen LogP contribution in [0.2, 0.25) is 0 Å². The van der Waals surface area contributed by atoms with Gasteiger partial charge in [0.2, 0.25) is 5.91 Å². The number of aliphatic hydroxyl groups excluding tert-OH is 2. The maximum absolute atomic E-state index is 11.8. The largest absolute Gasteiger partial charge is 0.542 e. The summed E-state index contributed by atoms with van der Waals surface area (Å²) < 4.78 is 68.3. The summed E-state index contributed by atoms with van der Waals surface area (Å²) in [6, 6.07) is 0. The van der Waals surface area contributed by atoms with E-state index in [0.29, 0.717) is 0 Å². The van der Waals surface area contributed by atoms with Crippen LogP contribution in [0.25, 0.3) is 11.2 Å². The smallest absolute Gasteiger partial charge is 0.430 e. The molecule has 1 fully saturated rings. The number of nitrogen functional groups attached to an aromatic ring is 1. The Labute approximate surface area is 193 Å². The van der Waals surface area contributed by atoms with Crippen molar-refractivity contribution in [2.45, 2.75) is 37.1 Å². The maximum atomic E-state index is 11.8. The molecule has 0 aromatic carbocycles. The number of aromatic nitrogens is 4. The number of ether oxygens (including phenoxy) is 1. The molecule has 0 aliphatic carbocycles. The fourth-order valence-corrected chi connectivity index (χ4v) is 3.44. The zero-order valence-corrected chi connectivity index (χ0v) is 18.3. The molecule has 0 spiro atoms. The van der Waals surface area contributed by atoms with E-state index in [-0.39, 0.29) is 29.9 Å². The molecule has 1 aliphatic heterocycles. The molecule has 1 saturated heterocycles. The molecule has 2 aromatic rings. The van der Waals surface area contributed by atoms with Crippen molar-refractivity contribution in [3.63, 3.8) is 0 Å². The highest BCUT2D eigenvalue weighted by molar-refractivity contribution is 7.85. The molecule has 2 aromatic heterocycles. The lowest BCUT2D eigenvalue weighted by atomic mass is 10.1. The van der Waals surface area contributed by atoms with Crippen LogP contribution in [0, 0.1) is 0 Å². The number of hydrogen-bond acceptors (Lipinski definition) is 13. The zero-order valence-electron chi connectivity index (χ0n) is 17.5. The van der Waals surface area contributed by atoms with Gasteiger partial charge in [-0.05, 0) is 0 Å². The molecule has 1 amide bonds. The SMILES string of the molecule is Nc1ncnc2c1ncn2[C@@H]1O[C@H](COS(=O)(=O)NC(=O)CC[NH3+])[C@@H](O)[C@H]1O.O=C([O-])C(F)(F)F. The Morgan fingerprint density at radius 1 is 1.29 bits per heavy atom. The minimum atomic E-state index is -5.19. The van der Waals surface area contributed by atoms with Crippen molar-refractivity contribution in [1.29, 1.82) is 0 Å². The van der Waals surface area contributed by atoms with Crippen LogP contribution in [-0.4, -0.2) is 87.7 Å². The quantitative estimate of drug-likeness (QED) is 0.225. The predicted octanol–water partition coefficient (Wildman–Crippen LogP) is -4.66. The van der Waals surface area contributed by atoms with E-state index in [1.165, 1.54) is 17.2 Å². The maximum Gasteiger partial charge on any atom is 0.430 e. The summed E-state index contributed by atoms with van der Waals surface area (Å²) >= 11 is 0. The number of rotatable bonds is 7. The van der Waals surface area contributed by atoms with Gasteiger partial charge in [0.05, 0.1) is 25.9 Å². The van der Waals surface area contributed by atoms with Gasteiger partial charge in [-0.3, -0.25) is 13.5 Å². The van der Waals surface area contributed by atoms with Crippen molar-refractivity contribution in [1.82, 2.24) is 24.2 Å². The number of nitrogens with two attached hydrogens (primary N) is 1. The summed E-state index contributed by atoms with van der Waals surface area (Å²) in [5, 5.41) is 29.3. The number of carbonyl (C=O) groups is 2. The Morgan fingerprint density at radius 2 is 1.91 bits per heavy atom. The van der Waals surface area contributed by atoms with Gasteiger partial charge >= 0.3 is 16.5 Å². The molecule has 4 atom stereocenters. The van der Waals surface area contributed by atoms with Gasteiger partial charge in [0.1, 0.15) is 36.1 Å². The van der Waals surface area contributed by atoms with Crippen molar-refractivity contribution < 1.29 is 61.2 Å². The molecule has 3 rings (SSSR count). The number of carboxylic acid groups (broad SMARTS) is 1. The lowest BCUT2D eigenvalue weighted by molar-refractivity contribution is -0.366. The van der Waals surface area contributed by atoms with Crippen LogP contribution in [0.4, 0.5) is 19.0 Å². The number of nitrogens with one attached hydrogen (secondary N) is 1. The van der Waals surface area contributed by atoms with Crippen molar-refractivity contribution in [2.75, 3.05) is 18.9 Å². The number of nitrogens with zero attached hydrogens (tertiary/aromatic N) is 4. The molecule has 0 radical (unpaired) electrons. The van der Waals surface area contributed by atoms with Gasteiger partial charge in [-0.1, -0.05) is 0 Å². The van der Waals surface area contributed by atoms with Crippen molar-refractivity contribution >= 4 is 39.2 Å². The highest BCUT2D eigenvalue weighted by Gasteiger charge is 2.45. The van der Waals surface area contributed by atoms with Crippen molar-refractivity contribution in [3.8, 4) is 0 Å². The minimum absolute atomic E-state index is 0.0926. The fraction of sp³-hybridized carbons (Fsp3) is 0.533. The molecule has 1 aliphatic rings. The van der Waals surface area contributed by atoms with Crippen LogP contribution >= 0.6 is 0 Å². The Hall–Kier alpha value is -3.17. The number of alkyl halides is 3. The second-order valence-corrected chi connectivity index (χ2v) is 8.13. The van der Waals surface area contributed by atoms with E-state index in [9.17, 15) is 36.6 Å². The molecule has 0 saturated carbocycles. The molecule has 3 heterocycles. The molecule has 0 bridgehead atoms. The summed E-state index contributed by atoms with van der Waals surface area (Å²) in [4.78, 5) is 32.0. The van der Waals surface area contributed by atoms with Gasteiger partial charge < -0.3 is 36.3 Å². The summed E-state index contributed by atoms with van der Waals surface area (Å²) in [6.45, 7) is -0.419. The first kappa shape index (κ1) is 28.1. The number of amides is 1. The first-order chi connectivity index (χ1) is 16.2. The number of carbonyl (C=O) groups excluding carboxylic acids is 2. The molecule has 8 N–H and O–H groups in total. The van der Waals surface area contributed by atoms with Crippen LogP contribution in [-0.2, 0) is 28.8 Å². The normalized spacial score (nSPS) is 22.5. The van der Waals surface area contributed by atoms with Crippen LogP contribution in [0.3, 0.4) is 0 Å². The number of fused-ring (bicyclic) bond motifs is 1. The summed E-state index contributed by atoms with van der Waals surface area (Å²) in [7, 11) is -4.40. The Balaban J connectivity index is 0.000000540. The van der Waals surface area contributed by atoms with Gasteiger partial charge in [-0.15, -0.1) is 0 Å². The number of quaternary nitrogens is 1. The van der Waals surface area contributed by atoms with Crippen LogP contribution in [0.1, 0.15) is 12.6 Å². The first-order valence-corrected chi connectivity index (χ1v) is 10.8. The van der Waals surface area contributed by atoms with Crippen LogP contribution < -0.4 is 21.3 Å². The third-order valence-electron chi connectivity index (χ3n) is 4.26. The second-order valence-electron chi connectivity index (χ2n) is 6.78. The van der Waals surface area contributed by atoms with Gasteiger partial charge in [0.15, 0.2) is 17.7 Å². The topological polar surface area (TPSA) is 260 Å². The molecule has 35 heavy (non-hydrogen) atoms. The lowest BCUT2D eigenvalue weighted by Gasteiger charge is -2.16. The van der Waals surface area contributed by atoms with Gasteiger partial charge in [0.25, 0.3) is 0 Å². The average molecular weight is 531 g/mol. The predicted molar refractivity (Wildman–Crippen MR) is 102 cm³/mol. The molecule has 196 valence electrons. The summed E-state index contributed by atoms with van der Waals surface area (Å²) in [5.74, 6) is -3.66. The molecule has 20 heteroatoms. The van der Waals surface area contributed by atoms with E-state index in [0.717, 1.165) is 0 Å². The zero-order chi connectivity index (χ0) is 26.6. The average Bonchev–Trinajstić information content (AvgIpc) is 3.29. The first-order valence-electron chi connectivity index (χ1n) is 9.40. The molecular formula is C15H20F3N7O9S. The Kier molecular flexibility index (Phi) is 8.86. The number of aliphatic carboxylic acids is 1.